The van der Waals surface area contributed by atoms with Crippen molar-refractivity contribution in [1.82, 2.24) is 9.97 Å². The summed E-state index contributed by atoms with van der Waals surface area (Å²) >= 11 is 5.69. The van der Waals surface area contributed by atoms with Crippen LogP contribution in [0.25, 0.3) is 11.0 Å². The third-order valence-corrected chi connectivity index (χ3v) is 2.35. The number of rotatable bonds is 3. The smallest absolute Gasteiger partial charge is 0.742 e. The quantitative estimate of drug-likeness (QED) is 0.198. The molecule has 0 unspecified atom stereocenters. The number of nitrogens with one attached hydrogen (secondary N) is 1. The van der Waals surface area contributed by atoms with Crippen LogP contribution in [0.1, 0.15) is 0 Å². The van der Waals surface area contributed by atoms with Crippen LogP contribution < -0.4 is 64.4 Å². The molecule has 5 nitrogen and oxygen atoms in total. The Labute approximate surface area is 146 Å². The topological polar surface area (TPSA) is 70.2 Å². The summed E-state index contributed by atoms with van der Waals surface area (Å²) in [6.07, 6.45) is 0. The SMILES string of the molecule is [Na+].[Na+].[O-]OOSc1ccc2nc([S-])[nH]c2c1. The second kappa shape index (κ2) is 8.28. The molecule has 74 valence electrons. The van der Waals surface area contributed by atoms with E-state index in [0.717, 1.165) is 28.0 Å². The predicted molar refractivity (Wildman–Crippen MR) is 49.8 cm³/mol. The fourth-order valence-corrected chi connectivity index (χ4v) is 1.67. The van der Waals surface area contributed by atoms with Crippen LogP contribution in [0, 0.1) is 0 Å². The first-order valence-corrected chi connectivity index (χ1v) is 4.74. The average molecular weight is 274 g/mol. The van der Waals surface area contributed by atoms with E-state index in [-0.39, 0.29) is 59.1 Å². The van der Waals surface area contributed by atoms with Gasteiger partial charge >= 0.3 is 59.1 Å². The van der Waals surface area contributed by atoms with Crippen LogP contribution in [-0.2, 0) is 22.0 Å². The van der Waals surface area contributed by atoms with E-state index in [1.54, 1.807) is 18.2 Å². The molecule has 1 aromatic carbocycles. The molecule has 0 spiro atoms. The molecule has 0 aliphatic heterocycles. The molecular weight excluding hydrogens is 270 g/mol. The van der Waals surface area contributed by atoms with E-state index in [4.69, 9.17) is 12.6 Å². The van der Waals surface area contributed by atoms with Crippen LogP contribution >= 0.6 is 12.0 Å². The molecule has 1 N–H and O–H groups in total. The molecule has 0 saturated heterocycles. The summed E-state index contributed by atoms with van der Waals surface area (Å²) in [6, 6.07) is 5.29. The fourth-order valence-electron chi connectivity index (χ4n) is 1.07. The average Bonchev–Trinajstić information content (AvgIpc) is 2.54. The number of imidazole rings is 1. The Kier molecular flexibility index (Phi) is 8.87. The van der Waals surface area contributed by atoms with Crippen LogP contribution in [0.3, 0.4) is 0 Å². The fraction of sp³-hybridized carbons (Fsp3) is 0. The van der Waals surface area contributed by atoms with E-state index < -0.39 is 0 Å². The molecule has 1 aromatic heterocycles. The minimum atomic E-state index is 0. The normalized spacial score (nSPS) is 9.56. The minimum Gasteiger partial charge on any atom is -0.742 e. The van der Waals surface area contributed by atoms with Gasteiger partial charge in [0.1, 0.15) is 0 Å². The molecule has 0 aliphatic carbocycles. The van der Waals surface area contributed by atoms with Crippen molar-refractivity contribution in [3.63, 3.8) is 0 Å². The van der Waals surface area contributed by atoms with E-state index in [9.17, 15) is 5.26 Å². The Morgan fingerprint density at radius 3 is 2.81 bits per heavy atom. The van der Waals surface area contributed by atoms with Gasteiger partial charge in [-0.25, -0.2) is 0 Å². The number of aromatic amines is 1. The molecule has 1 heterocycles. The minimum absolute atomic E-state index is 0. The van der Waals surface area contributed by atoms with Gasteiger partial charge in [-0.05, 0) is 23.4 Å². The number of nitrogens with zero attached hydrogens (tertiary/aromatic N) is 1. The summed E-state index contributed by atoms with van der Waals surface area (Å²) in [4.78, 5) is 7.67. The zero-order valence-electron chi connectivity index (χ0n) is 8.72. The molecule has 0 saturated carbocycles. The van der Waals surface area contributed by atoms with Crippen molar-refractivity contribution in [2.24, 2.45) is 0 Å². The first-order chi connectivity index (χ1) is 6.79. The van der Waals surface area contributed by atoms with Gasteiger partial charge in [-0.2, -0.15) is 4.33 Å². The second-order valence-corrected chi connectivity index (χ2v) is 3.60. The Balaban J connectivity index is 0.00000112. The Morgan fingerprint density at radius 2 is 2.12 bits per heavy atom. The van der Waals surface area contributed by atoms with Gasteiger partial charge in [0, 0.05) is 4.90 Å². The van der Waals surface area contributed by atoms with Crippen molar-refractivity contribution in [1.29, 1.82) is 0 Å². The molecule has 0 amide bonds. The molecule has 9 heteroatoms. The maximum atomic E-state index is 9.59. The first-order valence-electron chi connectivity index (χ1n) is 3.59. The van der Waals surface area contributed by atoms with Crippen molar-refractivity contribution in [2.75, 3.05) is 0 Å². The van der Waals surface area contributed by atoms with Gasteiger partial charge in [0.05, 0.1) is 23.1 Å². The Morgan fingerprint density at radius 1 is 1.38 bits per heavy atom. The molecule has 0 bridgehead atoms. The molecule has 0 aliphatic rings. The van der Waals surface area contributed by atoms with Gasteiger partial charge in [0.15, 0.2) is 0 Å². The third-order valence-electron chi connectivity index (χ3n) is 1.59. The van der Waals surface area contributed by atoms with Gasteiger partial charge in [-0.3, -0.25) is 10.0 Å². The maximum Gasteiger partial charge on any atom is 1.00 e. The van der Waals surface area contributed by atoms with Crippen LogP contribution in [0.5, 0.6) is 0 Å². The van der Waals surface area contributed by atoms with Gasteiger partial charge in [-0.15, -0.1) is 0 Å². The van der Waals surface area contributed by atoms with E-state index in [2.05, 4.69) is 19.3 Å². The number of benzene rings is 1. The van der Waals surface area contributed by atoms with Crippen molar-refractivity contribution in [3.8, 4) is 0 Å². The van der Waals surface area contributed by atoms with Crippen LogP contribution in [0.2, 0.25) is 0 Å². The summed E-state index contributed by atoms with van der Waals surface area (Å²) in [6.45, 7) is 0. The maximum absolute atomic E-state index is 9.59. The third kappa shape index (κ3) is 4.43. The Hall–Kier alpha value is 1.14. The standard InChI is InChI=1S/C7H6N2O3S2.2Na/c10-11-12-14-4-1-2-5-6(3-4)9-7(13)8-5;;/h1-3,10H,(H2,8,9,13);;/q;2*+1/p-2. The molecule has 0 fully saturated rings. The van der Waals surface area contributed by atoms with Crippen molar-refractivity contribution in [2.45, 2.75) is 10.1 Å². The van der Waals surface area contributed by atoms with Crippen molar-refractivity contribution >= 4 is 35.7 Å². The number of hydrogen-bond acceptors (Lipinski definition) is 6. The van der Waals surface area contributed by atoms with E-state index in [1.165, 1.54) is 0 Å². The van der Waals surface area contributed by atoms with Crippen molar-refractivity contribution in [3.05, 3.63) is 18.2 Å². The first kappa shape index (κ1) is 17.1. The second-order valence-electron chi connectivity index (χ2n) is 2.44. The number of hydrogen-bond donors (Lipinski definition) is 1. The number of H-pyrrole nitrogens is 1. The van der Waals surface area contributed by atoms with Gasteiger partial charge in [-0.1, -0.05) is 0 Å². The summed E-state index contributed by atoms with van der Waals surface area (Å²) in [5.41, 5.74) is 1.58. The van der Waals surface area contributed by atoms with Crippen molar-refractivity contribution < 1.29 is 73.7 Å². The van der Waals surface area contributed by atoms with Crippen LogP contribution in [0.4, 0.5) is 0 Å². The largest absolute Gasteiger partial charge is 1.00 e. The number of aromatic nitrogens is 2. The van der Waals surface area contributed by atoms with E-state index >= 15 is 0 Å². The summed E-state index contributed by atoms with van der Waals surface area (Å²) in [7, 11) is 0. The summed E-state index contributed by atoms with van der Waals surface area (Å²) < 4.78 is 4.18. The van der Waals surface area contributed by atoms with E-state index in [0.29, 0.717) is 5.16 Å². The monoisotopic (exact) mass is 274 g/mol. The van der Waals surface area contributed by atoms with Crippen LogP contribution in [-0.4, -0.2) is 9.97 Å². The van der Waals surface area contributed by atoms with Gasteiger partial charge in [0.2, 0.25) is 0 Å². The summed E-state index contributed by atoms with van der Waals surface area (Å²) in [5, 5.41) is 13.3. The predicted octanol–water partition coefficient (Wildman–Crippen LogP) is -5.29. The van der Waals surface area contributed by atoms with Gasteiger partial charge < -0.3 is 22.9 Å². The Bertz CT molecular complexity index is 454. The number of fused-ring (bicyclic) bond motifs is 1. The molecule has 0 radical (unpaired) electrons. The molecular formula is C7H4N2Na2O3S2. The molecule has 2 rings (SSSR count). The molecule has 16 heavy (non-hydrogen) atoms. The van der Waals surface area contributed by atoms with Crippen LogP contribution in [0.15, 0.2) is 28.3 Å². The zero-order valence-corrected chi connectivity index (χ0v) is 14.4. The van der Waals surface area contributed by atoms with Gasteiger partial charge in [0.25, 0.3) is 0 Å². The molecule has 0 atom stereocenters. The van der Waals surface area contributed by atoms with E-state index in [1.807, 2.05) is 0 Å². The zero-order chi connectivity index (χ0) is 9.97. The molecule has 2 aromatic rings. The summed E-state index contributed by atoms with van der Waals surface area (Å²) in [5.74, 6) is 0.